The predicted octanol–water partition coefficient (Wildman–Crippen LogP) is 4.87. The van der Waals surface area contributed by atoms with E-state index in [-0.39, 0.29) is 10.6 Å². The van der Waals surface area contributed by atoms with E-state index < -0.39 is 28.3 Å². The SMILES string of the molecule is CCCOc1ccccc1CCCNC(=O)CN(c1ccc(F)cc1)S(=O)(=O)c1ccc(C)cc1. The van der Waals surface area contributed by atoms with Crippen molar-refractivity contribution in [2.24, 2.45) is 0 Å². The first-order valence-electron chi connectivity index (χ1n) is 11.6. The van der Waals surface area contributed by atoms with Gasteiger partial charge in [0.25, 0.3) is 10.0 Å². The molecule has 1 N–H and O–H groups in total. The van der Waals surface area contributed by atoms with Crippen LogP contribution in [0.25, 0.3) is 0 Å². The third-order valence-electron chi connectivity index (χ3n) is 5.39. The van der Waals surface area contributed by atoms with Gasteiger partial charge in [0.15, 0.2) is 0 Å². The van der Waals surface area contributed by atoms with Crippen LogP contribution in [-0.4, -0.2) is 34.0 Å². The fraction of sp³-hybridized carbons (Fsp3) is 0.296. The van der Waals surface area contributed by atoms with E-state index in [1.165, 1.54) is 36.4 Å². The van der Waals surface area contributed by atoms with Gasteiger partial charge < -0.3 is 10.1 Å². The van der Waals surface area contributed by atoms with Gasteiger partial charge in [0.2, 0.25) is 5.91 Å². The molecule has 0 fully saturated rings. The Morgan fingerprint density at radius 1 is 1.00 bits per heavy atom. The van der Waals surface area contributed by atoms with Crippen LogP contribution in [0.5, 0.6) is 5.75 Å². The molecule has 3 rings (SSSR count). The molecular formula is C27H31FN2O4S. The first-order valence-corrected chi connectivity index (χ1v) is 13.1. The Balaban J connectivity index is 1.66. The van der Waals surface area contributed by atoms with Crippen molar-refractivity contribution in [3.8, 4) is 5.75 Å². The highest BCUT2D eigenvalue weighted by Crippen LogP contribution is 2.24. The zero-order valence-corrected chi connectivity index (χ0v) is 20.9. The predicted molar refractivity (Wildman–Crippen MR) is 136 cm³/mol. The van der Waals surface area contributed by atoms with Gasteiger partial charge in [-0.15, -0.1) is 0 Å². The molecule has 0 radical (unpaired) electrons. The number of aryl methyl sites for hydroxylation is 2. The molecule has 0 aliphatic carbocycles. The van der Waals surface area contributed by atoms with Crippen molar-refractivity contribution in [3.05, 3.63) is 89.7 Å². The van der Waals surface area contributed by atoms with Gasteiger partial charge >= 0.3 is 0 Å². The van der Waals surface area contributed by atoms with Gasteiger partial charge in [-0.25, -0.2) is 12.8 Å². The van der Waals surface area contributed by atoms with E-state index in [0.717, 1.165) is 27.6 Å². The second-order valence-corrected chi connectivity index (χ2v) is 10.1. The summed E-state index contributed by atoms with van der Waals surface area (Å²) in [5.74, 6) is -0.0954. The van der Waals surface area contributed by atoms with Gasteiger partial charge in [0.05, 0.1) is 17.2 Å². The van der Waals surface area contributed by atoms with E-state index in [4.69, 9.17) is 4.74 Å². The number of rotatable bonds is 12. The van der Waals surface area contributed by atoms with Crippen LogP contribution >= 0.6 is 0 Å². The highest BCUT2D eigenvalue weighted by Gasteiger charge is 2.27. The minimum Gasteiger partial charge on any atom is -0.493 e. The Bertz CT molecular complexity index is 1210. The number of carbonyl (C=O) groups excluding carboxylic acids is 1. The van der Waals surface area contributed by atoms with Crippen LogP contribution in [0.2, 0.25) is 0 Å². The lowest BCUT2D eigenvalue weighted by atomic mass is 10.1. The standard InChI is InChI=1S/C27H31FN2O4S/c1-3-19-34-26-9-5-4-7-22(26)8-6-18-29-27(31)20-30(24-14-12-23(28)13-15-24)35(32,33)25-16-10-21(2)11-17-25/h4-5,7,9-17H,3,6,8,18-20H2,1-2H3,(H,29,31). The maximum atomic E-state index is 13.5. The van der Waals surface area contributed by atoms with Crippen LogP contribution in [0.4, 0.5) is 10.1 Å². The van der Waals surface area contributed by atoms with Crippen molar-refractivity contribution in [2.75, 3.05) is 24.0 Å². The number of nitrogens with one attached hydrogen (secondary N) is 1. The van der Waals surface area contributed by atoms with E-state index in [9.17, 15) is 17.6 Å². The summed E-state index contributed by atoms with van der Waals surface area (Å²) in [7, 11) is -4.03. The topological polar surface area (TPSA) is 75.7 Å². The fourth-order valence-electron chi connectivity index (χ4n) is 3.52. The molecule has 35 heavy (non-hydrogen) atoms. The van der Waals surface area contributed by atoms with Crippen LogP contribution < -0.4 is 14.4 Å². The molecule has 0 unspecified atom stereocenters. The lowest BCUT2D eigenvalue weighted by Gasteiger charge is -2.24. The van der Waals surface area contributed by atoms with Crippen molar-refractivity contribution in [2.45, 2.75) is 38.0 Å². The highest BCUT2D eigenvalue weighted by molar-refractivity contribution is 7.92. The summed E-state index contributed by atoms with van der Waals surface area (Å²) in [5.41, 5.74) is 2.19. The van der Waals surface area contributed by atoms with Crippen LogP contribution in [0.3, 0.4) is 0 Å². The van der Waals surface area contributed by atoms with Crippen LogP contribution in [0, 0.1) is 12.7 Å². The molecule has 0 heterocycles. The number of carbonyl (C=O) groups is 1. The molecule has 0 saturated heterocycles. The van der Waals surface area contributed by atoms with Crippen molar-refractivity contribution < 1.29 is 22.3 Å². The molecule has 0 atom stereocenters. The van der Waals surface area contributed by atoms with Crippen molar-refractivity contribution >= 4 is 21.6 Å². The van der Waals surface area contributed by atoms with Crippen molar-refractivity contribution in [3.63, 3.8) is 0 Å². The number of nitrogens with zero attached hydrogens (tertiary/aromatic N) is 1. The number of para-hydroxylation sites is 1. The van der Waals surface area contributed by atoms with E-state index in [2.05, 4.69) is 5.32 Å². The molecule has 0 aliphatic heterocycles. The number of anilines is 1. The zero-order chi connectivity index (χ0) is 25.3. The molecule has 0 aliphatic rings. The first-order chi connectivity index (χ1) is 16.8. The summed E-state index contributed by atoms with van der Waals surface area (Å²) in [6.07, 6.45) is 2.30. The number of hydrogen-bond donors (Lipinski definition) is 1. The number of hydrogen-bond acceptors (Lipinski definition) is 4. The zero-order valence-electron chi connectivity index (χ0n) is 20.0. The van der Waals surface area contributed by atoms with Gasteiger partial charge in [0, 0.05) is 6.54 Å². The lowest BCUT2D eigenvalue weighted by Crippen LogP contribution is -2.41. The van der Waals surface area contributed by atoms with E-state index in [1.807, 2.05) is 38.1 Å². The summed E-state index contributed by atoms with van der Waals surface area (Å²) < 4.78 is 46.9. The maximum absolute atomic E-state index is 13.5. The Kier molecular flexibility index (Phi) is 9.25. The smallest absolute Gasteiger partial charge is 0.264 e. The fourth-order valence-corrected chi connectivity index (χ4v) is 4.94. The third kappa shape index (κ3) is 7.29. The maximum Gasteiger partial charge on any atom is 0.264 e. The summed E-state index contributed by atoms with van der Waals surface area (Å²) in [6.45, 7) is 4.51. The molecule has 3 aromatic carbocycles. The van der Waals surface area contributed by atoms with E-state index in [1.54, 1.807) is 12.1 Å². The highest BCUT2D eigenvalue weighted by atomic mass is 32.2. The number of amides is 1. The van der Waals surface area contributed by atoms with Gasteiger partial charge in [-0.1, -0.05) is 42.8 Å². The normalized spacial score (nSPS) is 11.2. The quantitative estimate of drug-likeness (QED) is 0.362. The van der Waals surface area contributed by atoms with Crippen LogP contribution in [0.1, 0.15) is 30.9 Å². The third-order valence-corrected chi connectivity index (χ3v) is 7.18. The number of halogens is 1. The molecule has 0 spiro atoms. The lowest BCUT2D eigenvalue weighted by molar-refractivity contribution is -0.119. The molecule has 6 nitrogen and oxygen atoms in total. The van der Waals surface area contributed by atoms with Crippen LogP contribution in [-0.2, 0) is 21.2 Å². The summed E-state index contributed by atoms with van der Waals surface area (Å²) in [4.78, 5) is 12.8. The average Bonchev–Trinajstić information content (AvgIpc) is 2.85. The van der Waals surface area contributed by atoms with Gasteiger partial charge in [0.1, 0.15) is 18.1 Å². The second kappa shape index (κ2) is 12.4. The van der Waals surface area contributed by atoms with Crippen molar-refractivity contribution in [1.29, 1.82) is 0 Å². The van der Waals surface area contributed by atoms with Gasteiger partial charge in [-0.3, -0.25) is 9.10 Å². The molecule has 1 amide bonds. The Labute approximate surface area is 206 Å². The number of benzene rings is 3. The second-order valence-electron chi connectivity index (χ2n) is 8.21. The van der Waals surface area contributed by atoms with Gasteiger partial charge in [-0.05, 0) is 74.2 Å². The van der Waals surface area contributed by atoms with Crippen LogP contribution in [0.15, 0.2) is 77.7 Å². The number of ether oxygens (including phenoxy) is 1. The van der Waals surface area contributed by atoms with Crippen molar-refractivity contribution in [1.82, 2.24) is 5.32 Å². The molecule has 0 aromatic heterocycles. The summed E-state index contributed by atoms with van der Waals surface area (Å²) in [6, 6.07) is 19.2. The molecule has 0 saturated carbocycles. The van der Waals surface area contributed by atoms with Gasteiger partial charge in [-0.2, -0.15) is 0 Å². The minimum atomic E-state index is -4.03. The average molecular weight is 499 g/mol. The minimum absolute atomic E-state index is 0.0592. The monoisotopic (exact) mass is 498 g/mol. The summed E-state index contributed by atoms with van der Waals surface area (Å²) in [5, 5.41) is 2.80. The molecule has 8 heteroatoms. The molecule has 3 aromatic rings. The summed E-state index contributed by atoms with van der Waals surface area (Å²) >= 11 is 0. The molecular weight excluding hydrogens is 467 g/mol. The Hall–Kier alpha value is -3.39. The van der Waals surface area contributed by atoms with E-state index >= 15 is 0 Å². The first kappa shape index (κ1) is 26.2. The molecule has 0 bridgehead atoms. The number of sulfonamides is 1. The largest absolute Gasteiger partial charge is 0.493 e. The Morgan fingerprint density at radius 3 is 2.37 bits per heavy atom. The Morgan fingerprint density at radius 2 is 1.69 bits per heavy atom. The molecule has 186 valence electrons. The van der Waals surface area contributed by atoms with E-state index in [0.29, 0.717) is 26.0 Å².